The zero-order valence-electron chi connectivity index (χ0n) is 13.4. The fourth-order valence-corrected chi connectivity index (χ4v) is 9.60. The first-order chi connectivity index (χ1) is 11.7. The maximum absolute atomic E-state index is 3.68. The van der Waals surface area contributed by atoms with Gasteiger partial charge in [0.1, 0.15) is 0 Å². The monoisotopic (exact) mass is 462 g/mol. The molecule has 0 bridgehead atoms. The van der Waals surface area contributed by atoms with E-state index in [9.17, 15) is 0 Å². The average molecular weight is 464 g/mol. The first-order valence-electron chi connectivity index (χ1n) is 8.18. The van der Waals surface area contributed by atoms with Gasteiger partial charge in [-0.2, -0.15) is 0 Å². The molecular formula is C21H21Br2P. The van der Waals surface area contributed by atoms with Crippen molar-refractivity contribution in [1.29, 1.82) is 0 Å². The standard InChI is InChI=1S/C21H21Br2P/c22-21(23)16-17-24(18-10-4-1-5-11-18,19-12-6-2-7-13-19)20-14-8-3-9-15-20/h1-15,21,24H,16-17H2. The van der Waals surface area contributed by atoms with Gasteiger partial charge in [-0.3, -0.25) is 0 Å². The van der Waals surface area contributed by atoms with Crippen molar-refractivity contribution in [3.8, 4) is 0 Å². The Morgan fingerprint density at radius 2 is 0.917 bits per heavy atom. The molecule has 124 valence electrons. The van der Waals surface area contributed by atoms with Crippen LogP contribution in [-0.2, 0) is 0 Å². The van der Waals surface area contributed by atoms with Crippen LogP contribution in [0, 0.1) is 0 Å². The molecule has 0 aliphatic heterocycles. The van der Waals surface area contributed by atoms with Crippen molar-refractivity contribution in [2.45, 2.75) is 10.2 Å². The van der Waals surface area contributed by atoms with E-state index in [2.05, 4.69) is 123 Å². The van der Waals surface area contributed by atoms with Gasteiger partial charge in [-0.25, -0.2) is 0 Å². The van der Waals surface area contributed by atoms with Gasteiger partial charge in [0.05, 0.1) is 0 Å². The van der Waals surface area contributed by atoms with Crippen LogP contribution in [-0.4, -0.2) is 9.90 Å². The van der Waals surface area contributed by atoms with Gasteiger partial charge in [0.15, 0.2) is 0 Å². The van der Waals surface area contributed by atoms with Crippen molar-refractivity contribution in [3.63, 3.8) is 0 Å². The van der Waals surface area contributed by atoms with Crippen molar-refractivity contribution >= 4 is 55.0 Å². The fourth-order valence-electron chi connectivity index (χ4n) is 3.43. The molecule has 0 atom stereocenters. The molecule has 0 nitrogen and oxygen atoms in total. The summed E-state index contributed by atoms with van der Waals surface area (Å²) in [6.07, 6.45) is 2.25. The third-order valence-corrected chi connectivity index (χ3v) is 10.4. The van der Waals surface area contributed by atoms with E-state index in [1.807, 2.05) is 0 Å². The molecular weight excluding hydrogens is 443 g/mol. The number of hydrogen-bond acceptors (Lipinski definition) is 0. The first kappa shape index (κ1) is 17.9. The van der Waals surface area contributed by atoms with E-state index in [0.29, 0.717) is 3.74 Å². The Kier molecular flexibility index (Phi) is 6.27. The Bertz CT molecular complexity index is 646. The van der Waals surface area contributed by atoms with E-state index in [1.165, 1.54) is 15.9 Å². The van der Waals surface area contributed by atoms with Gasteiger partial charge in [-0.1, -0.05) is 0 Å². The SMILES string of the molecule is BrC(Br)CC[PH](c1ccccc1)(c1ccccc1)c1ccccc1. The zero-order valence-corrected chi connectivity index (χ0v) is 17.6. The Hall–Kier alpha value is -0.950. The van der Waals surface area contributed by atoms with Crippen LogP contribution in [0.2, 0.25) is 0 Å². The molecule has 0 N–H and O–H groups in total. The molecule has 0 radical (unpaired) electrons. The van der Waals surface area contributed by atoms with E-state index >= 15 is 0 Å². The molecule has 0 saturated heterocycles. The molecule has 0 aliphatic rings. The molecule has 0 amide bonds. The van der Waals surface area contributed by atoms with Gasteiger partial charge >= 0.3 is 162 Å². The quantitative estimate of drug-likeness (QED) is 0.347. The van der Waals surface area contributed by atoms with Crippen LogP contribution in [0.3, 0.4) is 0 Å². The molecule has 3 aromatic rings. The van der Waals surface area contributed by atoms with E-state index in [1.54, 1.807) is 0 Å². The van der Waals surface area contributed by atoms with Crippen molar-refractivity contribution < 1.29 is 0 Å². The van der Waals surface area contributed by atoms with Crippen LogP contribution in [0.15, 0.2) is 91.0 Å². The van der Waals surface area contributed by atoms with E-state index in [0.717, 1.165) is 12.6 Å². The summed E-state index contributed by atoms with van der Waals surface area (Å²) >= 11 is 7.37. The van der Waals surface area contributed by atoms with Gasteiger partial charge in [-0.05, 0) is 0 Å². The van der Waals surface area contributed by atoms with Gasteiger partial charge in [-0.15, -0.1) is 0 Å². The van der Waals surface area contributed by atoms with Crippen molar-refractivity contribution in [1.82, 2.24) is 0 Å². The van der Waals surface area contributed by atoms with Crippen LogP contribution in [0.4, 0.5) is 0 Å². The fraction of sp³-hybridized carbons (Fsp3) is 0.143. The van der Waals surface area contributed by atoms with E-state index in [4.69, 9.17) is 0 Å². The van der Waals surface area contributed by atoms with Crippen molar-refractivity contribution in [3.05, 3.63) is 91.0 Å². The second kappa shape index (κ2) is 8.43. The molecule has 24 heavy (non-hydrogen) atoms. The summed E-state index contributed by atoms with van der Waals surface area (Å²) in [6, 6.07) is 33.2. The van der Waals surface area contributed by atoms with Crippen LogP contribution in [0.5, 0.6) is 0 Å². The molecule has 0 aromatic heterocycles. The topological polar surface area (TPSA) is 0 Å². The van der Waals surface area contributed by atoms with Gasteiger partial charge in [0.25, 0.3) is 0 Å². The number of benzene rings is 3. The Balaban J connectivity index is 2.24. The van der Waals surface area contributed by atoms with Gasteiger partial charge in [0, 0.05) is 0 Å². The van der Waals surface area contributed by atoms with Crippen LogP contribution in [0.25, 0.3) is 0 Å². The minimum absolute atomic E-state index is 0.341. The Morgan fingerprint density at radius 1 is 0.583 bits per heavy atom. The van der Waals surface area contributed by atoms with Crippen LogP contribution in [0.1, 0.15) is 6.42 Å². The molecule has 0 spiro atoms. The van der Waals surface area contributed by atoms with E-state index in [-0.39, 0.29) is 0 Å². The third kappa shape index (κ3) is 3.82. The second-order valence-electron chi connectivity index (χ2n) is 5.93. The molecule has 0 fully saturated rings. The summed E-state index contributed by atoms with van der Waals surface area (Å²) in [6.45, 7) is 0. The molecule has 3 heteroatoms. The van der Waals surface area contributed by atoms with Gasteiger partial charge in [0.2, 0.25) is 0 Å². The number of hydrogen-bond donors (Lipinski definition) is 0. The zero-order chi connectivity index (χ0) is 16.8. The molecule has 3 aromatic carbocycles. The van der Waals surface area contributed by atoms with Crippen molar-refractivity contribution in [2.75, 3.05) is 6.16 Å². The normalized spacial score (nSPS) is 12.3. The summed E-state index contributed by atoms with van der Waals surface area (Å²) in [4.78, 5) is 0. The van der Waals surface area contributed by atoms with Crippen LogP contribution < -0.4 is 15.9 Å². The van der Waals surface area contributed by atoms with Gasteiger partial charge < -0.3 is 0 Å². The minimum atomic E-state index is -2.05. The van der Waals surface area contributed by atoms with E-state index < -0.39 is 7.26 Å². The second-order valence-corrected chi connectivity index (χ2v) is 13.4. The molecule has 0 unspecified atom stereocenters. The third-order valence-electron chi connectivity index (χ3n) is 4.54. The summed E-state index contributed by atoms with van der Waals surface area (Å²) in [5, 5.41) is 4.43. The number of rotatable bonds is 6. The molecule has 0 saturated carbocycles. The molecule has 0 aliphatic carbocycles. The number of alkyl halides is 2. The summed E-state index contributed by atoms with van der Waals surface area (Å²) < 4.78 is 0.341. The Morgan fingerprint density at radius 3 is 1.21 bits per heavy atom. The summed E-state index contributed by atoms with van der Waals surface area (Å²) in [5.41, 5.74) is 0. The summed E-state index contributed by atoms with van der Waals surface area (Å²) in [5.74, 6) is 0. The van der Waals surface area contributed by atoms with Crippen LogP contribution >= 0.6 is 39.1 Å². The predicted octanol–water partition coefficient (Wildman–Crippen LogP) is 5.22. The predicted molar refractivity (Wildman–Crippen MR) is 118 cm³/mol. The Labute approximate surface area is 161 Å². The number of halogens is 2. The van der Waals surface area contributed by atoms with Crippen molar-refractivity contribution in [2.24, 2.45) is 0 Å². The maximum atomic E-state index is 3.68. The first-order valence-corrected chi connectivity index (χ1v) is 12.2. The summed E-state index contributed by atoms with van der Waals surface area (Å²) in [7, 11) is -2.05. The average Bonchev–Trinajstić information content (AvgIpc) is 2.65. The molecule has 3 rings (SSSR count). The molecule has 0 heterocycles.